The Kier molecular flexibility index (Phi) is 14.4. The summed E-state index contributed by atoms with van der Waals surface area (Å²) in [5, 5.41) is 31.1. The smallest absolute Gasteiger partial charge is 0.246 e. The standard InChI is InChI=1S/C41H48IN9O7/c1-24(2)36(40(58)45-25(3)39(57)46-28-16-14-26(23-52)15-17-28)47-34(55)21-44-33(54)20-43-32(53)18-19-35(56)50-22-27-10-6-7-11-29(27)37-38(30-12-8-9-13-31(30)50)51(49-48-37)41(4,5)42/h6-17,24-25,36,52H,18-23H2,1-5H3,(H,43,53)(H,44,54)(H,45,58)(H,46,57)(H,47,55)/t25-,36-/m0/s1. The molecule has 306 valence electrons. The van der Waals surface area contributed by atoms with Gasteiger partial charge in [0.05, 0.1) is 31.9 Å². The molecule has 1 aromatic heterocycles. The second-order valence-electron chi connectivity index (χ2n) is 14.7. The van der Waals surface area contributed by atoms with E-state index in [0.717, 1.165) is 28.1 Å². The maximum absolute atomic E-state index is 13.9. The van der Waals surface area contributed by atoms with E-state index in [4.69, 9.17) is 0 Å². The van der Waals surface area contributed by atoms with Crippen LogP contribution in [0.1, 0.15) is 58.6 Å². The van der Waals surface area contributed by atoms with Gasteiger partial charge in [-0.3, -0.25) is 28.8 Å². The summed E-state index contributed by atoms with van der Waals surface area (Å²) in [5.41, 5.74) is 5.82. The van der Waals surface area contributed by atoms with Crippen LogP contribution in [0.15, 0.2) is 72.8 Å². The number of halogens is 1. The lowest BCUT2D eigenvalue weighted by Gasteiger charge is -2.30. The molecule has 0 fully saturated rings. The van der Waals surface area contributed by atoms with Gasteiger partial charge in [0, 0.05) is 29.7 Å². The molecule has 16 nitrogen and oxygen atoms in total. The number of carbonyl (C=O) groups is 6. The summed E-state index contributed by atoms with van der Waals surface area (Å²) in [6.07, 6.45) is -0.318. The number of anilines is 2. The lowest BCUT2D eigenvalue weighted by molar-refractivity contribution is -0.132. The van der Waals surface area contributed by atoms with Crippen molar-refractivity contribution in [3.8, 4) is 22.5 Å². The molecule has 17 heteroatoms. The van der Waals surface area contributed by atoms with Crippen molar-refractivity contribution in [1.29, 1.82) is 0 Å². The van der Waals surface area contributed by atoms with Crippen LogP contribution in [0.25, 0.3) is 22.5 Å². The summed E-state index contributed by atoms with van der Waals surface area (Å²) in [7, 11) is 0. The van der Waals surface area contributed by atoms with Gasteiger partial charge in [0.1, 0.15) is 27.0 Å². The van der Waals surface area contributed by atoms with Crippen molar-refractivity contribution in [2.45, 2.75) is 76.2 Å². The van der Waals surface area contributed by atoms with E-state index in [9.17, 15) is 33.9 Å². The quantitative estimate of drug-likeness (QED) is 0.0761. The van der Waals surface area contributed by atoms with Crippen molar-refractivity contribution >= 4 is 69.4 Å². The monoisotopic (exact) mass is 905 g/mol. The number of nitrogens with one attached hydrogen (secondary N) is 5. The van der Waals surface area contributed by atoms with E-state index in [-0.39, 0.29) is 37.8 Å². The molecule has 4 aromatic rings. The number of carbonyl (C=O) groups excluding carboxylic acids is 6. The summed E-state index contributed by atoms with van der Waals surface area (Å²) in [5.74, 6) is -3.53. The van der Waals surface area contributed by atoms with Crippen LogP contribution in [-0.2, 0) is 45.5 Å². The zero-order valence-corrected chi connectivity index (χ0v) is 35.1. The van der Waals surface area contributed by atoms with E-state index >= 15 is 0 Å². The first kappa shape index (κ1) is 43.4. The average molecular weight is 906 g/mol. The van der Waals surface area contributed by atoms with Gasteiger partial charge in [-0.15, -0.1) is 5.10 Å². The predicted octanol–water partition coefficient (Wildman–Crippen LogP) is 3.38. The molecule has 2 atom stereocenters. The Bertz CT molecular complexity index is 2160. The summed E-state index contributed by atoms with van der Waals surface area (Å²) < 4.78 is 1.41. The molecular weight excluding hydrogens is 857 g/mol. The first-order chi connectivity index (χ1) is 27.6. The van der Waals surface area contributed by atoms with Gasteiger partial charge in [-0.1, -0.05) is 96.2 Å². The Morgan fingerprint density at radius 1 is 0.793 bits per heavy atom. The molecule has 3 aromatic carbocycles. The summed E-state index contributed by atoms with van der Waals surface area (Å²) in [6.45, 7) is 8.19. The Morgan fingerprint density at radius 2 is 1.43 bits per heavy atom. The van der Waals surface area contributed by atoms with Crippen LogP contribution in [0.5, 0.6) is 0 Å². The van der Waals surface area contributed by atoms with Crippen LogP contribution < -0.4 is 31.5 Å². The van der Waals surface area contributed by atoms with E-state index in [2.05, 4.69) is 59.5 Å². The molecule has 6 N–H and O–H groups in total. The minimum absolute atomic E-state index is 0.133. The maximum Gasteiger partial charge on any atom is 0.246 e. The molecular formula is C41H48IN9O7. The van der Waals surface area contributed by atoms with E-state index in [0.29, 0.717) is 16.9 Å². The third-order valence-corrected chi connectivity index (χ3v) is 9.86. The van der Waals surface area contributed by atoms with Crippen LogP contribution in [-0.4, -0.2) is 80.7 Å². The Morgan fingerprint density at radius 3 is 2.10 bits per heavy atom. The highest BCUT2D eigenvalue weighted by atomic mass is 127. The van der Waals surface area contributed by atoms with Gasteiger partial charge in [-0.05, 0) is 56.0 Å². The Balaban J connectivity index is 1.11. The lowest BCUT2D eigenvalue weighted by atomic mass is 9.95. The van der Waals surface area contributed by atoms with Gasteiger partial charge in [-0.25, -0.2) is 4.68 Å². The number of hydrogen-bond acceptors (Lipinski definition) is 9. The molecule has 5 rings (SSSR count). The normalized spacial score (nSPS) is 13.1. The van der Waals surface area contributed by atoms with E-state index in [1.165, 1.54) is 6.92 Å². The number of aliphatic hydroxyl groups excluding tert-OH is 1. The number of alkyl halides is 1. The third-order valence-electron chi connectivity index (χ3n) is 9.41. The number of nitrogens with zero attached hydrogens (tertiary/aromatic N) is 4. The number of rotatable bonds is 15. The number of aromatic nitrogens is 3. The van der Waals surface area contributed by atoms with Gasteiger partial charge in [0.15, 0.2) is 0 Å². The van der Waals surface area contributed by atoms with Crippen LogP contribution in [0.2, 0.25) is 0 Å². The molecule has 2 heterocycles. The highest BCUT2D eigenvalue weighted by Gasteiger charge is 2.33. The van der Waals surface area contributed by atoms with Gasteiger partial charge >= 0.3 is 0 Å². The van der Waals surface area contributed by atoms with Crippen LogP contribution in [0, 0.1) is 5.92 Å². The van der Waals surface area contributed by atoms with Gasteiger partial charge in [0.25, 0.3) is 0 Å². The van der Waals surface area contributed by atoms with Crippen LogP contribution in [0.4, 0.5) is 11.4 Å². The minimum atomic E-state index is -1.01. The number of benzene rings is 3. The van der Waals surface area contributed by atoms with E-state index in [1.807, 2.05) is 67.1 Å². The number of hydrogen-bond donors (Lipinski definition) is 6. The van der Waals surface area contributed by atoms with Crippen molar-refractivity contribution in [2.24, 2.45) is 5.92 Å². The molecule has 1 aliphatic rings. The number of para-hydroxylation sites is 1. The number of fused-ring (bicyclic) bond motifs is 5. The molecule has 0 saturated heterocycles. The lowest BCUT2D eigenvalue weighted by Crippen LogP contribution is -2.55. The summed E-state index contributed by atoms with van der Waals surface area (Å²) >= 11 is 2.30. The molecule has 0 saturated carbocycles. The van der Waals surface area contributed by atoms with Gasteiger partial charge < -0.3 is 36.6 Å². The summed E-state index contributed by atoms with van der Waals surface area (Å²) in [6, 6.07) is 19.9. The molecule has 0 spiro atoms. The molecule has 1 aliphatic heterocycles. The fourth-order valence-corrected chi connectivity index (χ4v) is 6.63. The maximum atomic E-state index is 13.9. The highest BCUT2D eigenvalue weighted by molar-refractivity contribution is 14.1. The largest absolute Gasteiger partial charge is 0.392 e. The molecule has 0 aliphatic carbocycles. The zero-order chi connectivity index (χ0) is 42.1. The van der Waals surface area contributed by atoms with Crippen molar-refractivity contribution in [3.05, 3.63) is 83.9 Å². The molecule has 0 radical (unpaired) electrons. The SMILES string of the molecule is CC(C)[C@H](NC(=O)CNC(=O)CNC(=O)CCC(=O)N1Cc2ccccc2-c2nnn(C(C)(C)I)c2-c2ccccc21)C(=O)N[C@@H](C)C(=O)Nc1ccc(CO)cc1. The van der Waals surface area contributed by atoms with Gasteiger partial charge in [-0.2, -0.15) is 0 Å². The average Bonchev–Trinajstić information content (AvgIpc) is 3.64. The third kappa shape index (κ3) is 10.8. The highest BCUT2D eigenvalue weighted by Crippen LogP contribution is 2.43. The second-order valence-corrected chi connectivity index (χ2v) is 17.3. The predicted molar refractivity (Wildman–Crippen MR) is 226 cm³/mol. The van der Waals surface area contributed by atoms with Crippen molar-refractivity contribution in [2.75, 3.05) is 23.3 Å². The molecule has 0 unspecified atom stereocenters. The minimum Gasteiger partial charge on any atom is -0.392 e. The first-order valence-electron chi connectivity index (χ1n) is 18.8. The van der Waals surface area contributed by atoms with Gasteiger partial charge in [0.2, 0.25) is 35.4 Å². The number of amides is 6. The number of aliphatic hydroxyl groups is 1. The van der Waals surface area contributed by atoms with Crippen molar-refractivity contribution in [1.82, 2.24) is 36.3 Å². The van der Waals surface area contributed by atoms with Crippen molar-refractivity contribution in [3.63, 3.8) is 0 Å². The molecule has 0 bridgehead atoms. The fraction of sp³-hybridized carbons (Fsp3) is 0.366. The topological polar surface area (TPSA) is 217 Å². The first-order valence-corrected chi connectivity index (χ1v) is 19.9. The second kappa shape index (κ2) is 19.2. The van der Waals surface area contributed by atoms with E-state index in [1.54, 1.807) is 43.0 Å². The van der Waals surface area contributed by atoms with Crippen LogP contribution >= 0.6 is 22.6 Å². The summed E-state index contributed by atoms with van der Waals surface area (Å²) in [4.78, 5) is 79.4. The Hall–Kier alpha value is -5.69. The Labute approximate surface area is 350 Å². The van der Waals surface area contributed by atoms with Crippen LogP contribution in [0.3, 0.4) is 0 Å². The zero-order valence-electron chi connectivity index (χ0n) is 33.0. The molecule has 58 heavy (non-hydrogen) atoms. The molecule has 6 amide bonds. The van der Waals surface area contributed by atoms with Crippen molar-refractivity contribution < 1.29 is 33.9 Å². The van der Waals surface area contributed by atoms with E-state index < -0.39 is 58.3 Å². The fourth-order valence-electron chi connectivity index (χ4n) is 6.29.